The van der Waals surface area contributed by atoms with Crippen molar-refractivity contribution in [1.82, 2.24) is 14.5 Å². The highest BCUT2D eigenvalue weighted by Crippen LogP contribution is 2.35. The van der Waals surface area contributed by atoms with Gasteiger partial charge in [0.05, 0.1) is 24.2 Å². The van der Waals surface area contributed by atoms with Crippen molar-refractivity contribution < 1.29 is 9.53 Å². The van der Waals surface area contributed by atoms with Crippen LogP contribution in [0.4, 0.5) is 0 Å². The molecule has 0 bridgehead atoms. The molecule has 0 radical (unpaired) electrons. The van der Waals surface area contributed by atoms with Gasteiger partial charge in [0.2, 0.25) is 0 Å². The Labute approximate surface area is 157 Å². The number of ether oxygens (including phenoxy) is 1. The van der Waals surface area contributed by atoms with Gasteiger partial charge < -0.3 is 14.6 Å². The molecule has 1 amide bonds. The number of aromatic nitrogens is 2. The van der Waals surface area contributed by atoms with Gasteiger partial charge in [-0.2, -0.15) is 0 Å². The van der Waals surface area contributed by atoms with E-state index in [1.165, 1.54) is 10.1 Å². The molecule has 0 saturated heterocycles. The molecule has 2 heterocycles. The average molecular weight is 365 g/mol. The molecule has 6 heteroatoms. The van der Waals surface area contributed by atoms with Crippen molar-refractivity contribution in [2.24, 2.45) is 7.05 Å². The standard InChI is InChI=1S/C21H23N3O3/c1-12-9-15-10-16(27-4)6-7-17(15)13(2)24(12)20(25)14-5-8-18-19(11-14)23(3)21(26)22-18/h5-8,10-13H,9H2,1-4H3,(H,22,26). The number of hydrogen-bond donors (Lipinski definition) is 1. The molecular weight excluding hydrogens is 342 g/mol. The molecule has 1 aliphatic rings. The maximum Gasteiger partial charge on any atom is 0.326 e. The molecule has 27 heavy (non-hydrogen) atoms. The van der Waals surface area contributed by atoms with Crippen LogP contribution in [-0.2, 0) is 13.5 Å². The third-order valence-corrected chi connectivity index (χ3v) is 5.59. The van der Waals surface area contributed by atoms with Crippen LogP contribution in [0.2, 0.25) is 0 Å². The number of rotatable bonds is 2. The number of aromatic amines is 1. The molecular formula is C21H23N3O3. The van der Waals surface area contributed by atoms with Gasteiger partial charge in [0.15, 0.2) is 0 Å². The van der Waals surface area contributed by atoms with Crippen LogP contribution in [0.25, 0.3) is 11.0 Å². The van der Waals surface area contributed by atoms with Crippen LogP contribution >= 0.6 is 0 Å². The van der Waals surface area contributed by atoms with Crippen LogP contribution in [0.15, 0.2) is 41.2 Å². The molecule has 140 valence electrons. The highest BCUT2D eigenvalue weighted by Gasteiger charge is 2.33. The Morgan fingerprint density at radius 2 is 1.96 bits per heavy atom. The summed E-state index contributed by atoms with van der Waals surface area (Å²) in [4.78, 5) is 29.9. The molecule has 1 aromatic heterocycles. The lowest BCUT2D eigenvalue weighted by molar-refractivity contribution is 0.0580. The number of nitrogens with one attached hydrogen (secondary N) is 1. The third kappa shape index (κ3) is 2.72. The summed E-state index contributed by atoms with van der Waals surface area (Å²) in [6.45, 7) is 4.13. The molecule has 0 fully saturated rings. The first-order valence-corrected chi connectivity index (χ1v) is 9.09. The molecule has 1 N–H and O–H groups in total. The maximum atomic E-state index is 13.3. The molecule has 4 rings (SSSR count). The Kier molecular flexibility index (Phi) is 4.06. The van der Waals surface area contributed by atoms with Gasteiger partial charge in [-0.3, -0.25) is 9.36 Å². The van der Waals surface area contributed by atoms with Crippen LogP contribution in [-0.4, -0.2) is 33.5 Å². The summed E-state index contributed by atoms with van der Waals surface area (Å²) in [6.07, 6.45) is 0.785. The lowest BCUT2D eigenvalue weighted by Crippen LogP contribution is -2.45. The van der Waals surface area contributed by atoms with Crippen LogP contribution in [0.5, 0.6) is 5.75 Å². The number of benzene rings is 2. The Morgan fingerprint density at radius 3 is 2.70 bits per heavy atom. The summed E-state index contributed by atoms with van der Waals surface area (Å²) in [5.41, 5.74) is 4.24. The normalized spacial score (nSPS) is 19.2. The number of carbonyl (C=O) groups excluding carboxylic acids is 1. The fourth-order valence-electron chi connectivity index (χ4n) is 4.12. The fraction of sp³-hybridized carbons (Fsp3) is 0.333. The Balaban J connectivity index is 1.72. The van der Waals surface area contributed by atoms with Gasteiger partial charge in [0.1, 0.15) is 5.75 Å². The molecule has 0 aliphatic carbocycles. The van der Waals surface area contributed by atoms with Crippen molar-refractivity contribution in [3.63, 3.8) is 0 Å². The van der Waals surface area contributed by atoms with Gasteiger partial charge in [-0.1, -0.05) is 6.07 Å². The number of amides is 1. The van der Waals surface area contributed by atoms with Crippen molar-refractivity contribution in [3.8, 4) is 5.75 Å². The predicted molar refractivity (Wildman–Crippen MR) is 104 cm³/mol. The number of carbonyl (C=O) groups is 1. The van der Waals surface area contributed by atoms with E-state index in [4.69, 9.17) is 4.74 Å². The molecule has 2 unspecified atom stereocenters. The highest BCUT2D eigenvalue weighted by molar-refractivity contribution is 5.98. The molecule has 1 aliphatic heterocycles. The van der Waals surface area contributed by atoms with Crippen LogP contribution < -0.4 is 10.4 Å². The first-order valence-electron chi connectivity index (χ1n) is 9.09. The summed E-state index contributed by atoms with van der Waals surface area (Å²) < 4.78 is 6.86. The Hall–Kier alpha value is -3.02. The topological polar surface area (TPSA) is 67.3 Å². The molecule has 2 atom stereocenters. The number of H-pyrrole nitrogens is 1. The van der Waals surface area contributed by atoms with Gasteiger partial charge in [-0.05, 0) is 61.7 Å². The first-order chi connectivity index (χ1) is 12.9. The maximum absolute atomic E-state index is 13.3. The number of aryl methyl sites for hydroxylation is 1. The van der Waals surface area contributed by atoms with E-state index in [0.717, 1.165) is 28.8 Å². The average Bonchev–Trinajstić information content (AvgIpc) is 2.94. The minimum atomic E-state index is -0.183. The van der Waals surface area contributed by atoms with E-state index < -0.39 is 0 Å². The zero-order valence-electron chi connectivity index (χ0n) is 15.9. The van der Waals surface area contributed by atoms with Crippen molar-refractivity contribution in [3.05, 3.63) is 63.6 Å². The summed E-state index contributed by atoms with van der Waals surface area (Å²) >= 11 is 0. The van der Waals surface area contributed by atoms with Crippen molar-refractivity contribution in [2.75, 3.05) is 7.11 Å². The van der Waals surface area contributed by atoms with Crippen molar-refractivity contribution in [1.29, 1.82) is 0 Å². The van der Waals surface area contributed by atoms with E-state index in [2.05, 4.69) is 24.9 Å². The number of methoxy groups -OCH3 is 1. The lowest BCUT2D eigenvalue weighted by Gasteiger charge is -2.40. The molecule has 0 spiro atoms. The van der Waals surface area contributed by atoms with Gasteiger partial charge >= 0.3 is 5.69 Å². The highest BCUT2D eigenvalue weighted by atomic mass is 16.5. The number of fused-ring (bicyclic) bond motifs is 2. The molecule has 2 aromatic carbocycles. The number of imidazole rings is 1. The summed E-state index contributed by atoms with van der Waals surface area (Å²) in [5, 5.41) is 0. The SMILES string of the molecule is COc1ccc2c(c1)CC(C)N(C(=O)c1ccc3[nH]c(=O)n(C)c3c1)C2C. The van der Waals surface area contributed by atoms with Crippen molar-refractivity contribution in [2.45, 2.75) is 32.4 Å². The summed E-state index contributed by atoms with van der Waals surface area (Å²) in [7, 11) is 3.36. The summed E-state index contributed by atoms with van der Waals surface area (Å²) in [5.74, 6) is 0.818. The minimum absolute atomic E-state index is 0.0213. The minimum Gasteiger partial charge on any atom is -0.497 e. The number of nitrogens with zero attached hydrogens (tertiary/aromatic N) is 2. The van der Waals surface area contributed by atoms with E-state index in [1.807, 2.05) is 17.0 Å². The van der Waals surface area contributed by atoms with Crippen LogP contribution in [0, 0.1) is 0 Å². The van der Waals surface area contributed by atoms with Gasteiger partial charge in [-0.25, -0.2) is 4.79 Å². The zero-order valence-corrected chi connectivity index (χ0v) is 15.9. The second kappa shape index (κ2) is 6.30. The number of hydrogen-bond acceptors (Lipinski definition) is 3. The van der Waals surface area contributed by atoms with E-state index in [-0.39, 0.29) is 23.7 Å². The largest absolute Gasteiger partial charge is 0.497 e. The Morgan fingerprint density at radius 1 is 1.19 bits per heavy atom. The van der Waals surface area contributed by atoms with Crippen LogP contribution in [0.3, 0.4) is 0 Å². The van der Waals surface area contributed by atoms with Gasteiger partial charge in [0, 0.05) is 18.7 Å². The molecule has 6 nitrogen and oxygen atoms in total. The van der Waals surface area contributed by atoms with E-state index >= 15 is 0 Å². The quantitative estimate of drug-likeness (QED) is 0.759. The second-order valence-corrected chi connectivity index (χ2v) is 7.23. The van der Waals surface area contributed by atoms with Gasteiger partial charge in [-0.15, -0.1) is 0 Å². The second-order valence-electron chi connectivity index (χ2n) is 7.23. The fourth-order valence-corrected chi connectivity index (χ4v) is 4.12. The molecule has 3 aromatic rings. The first kappa shape index (κ1) is 17.4. The third-order valence-electron chi connectivity index (χ3n) is 5.59. The van der Waals surface area contributed by atoms with E-state index in [9.17, 15) is 9.59 Å². The predicted octanol–water partition coefficient (Wildman–Crippen LogP) is 3.02. The summed E-state index contributed by atoms with van der Waals surface area (Å²) in [6, 6.07) is 11.4. The monoisotopic (exact) mass is 365 g/mol. The van der Waals surface area contributed by atoms with Crippen molar-refractivity contribution >= 4 is 16.9 Å². The van der Waals surface area contributed by atoms with E-state index in [0.29, 0.717) is 5.56 Å². The lowest BCUT2D eigenvalue weighted by atomic mass is 9.88. The van der Waals surface area contributed by atoms with Gasteiger partial charge in [0.25, 0.3) is 5.91 Å². The molecule has 0 saturated carbocycles. The zero-order chi connectivity index (χ0) is 19.3. The smallest absolute Gasteiger partial charge is 0.326 e. The van der Waals surface area contributed by atoms with Crippen LogP contribution in [0.1, 0.15) is 41.4 Å². The van der Waals surface area contributed by atoms with E-state index in [1.54, 1.807) is 32.4 Å². The Bertz CT molecular complexity index is 1100.